The Labute approximate surface area is 121 Å². The lowest BCUT2D eigenvalue weighted by atomic mass is 10.3. The third kappa shape index (κ3) is 16.5. The van der Waals surface area contributed by atoms with E-state index in [0.29, 0.717) is 0 Å². The molecule has 110 valence electrons. The Hall–Kier alpha value is -1.50. The van der Waals surface area contributed by atoms with Gasteiger partial charge >= 0.3 is 0 Å². The molecule has 0 fully saturated rings. The lowest BCUT2D eigenvalue weighted by Gasteiger charge is -2.06. The minimum Gasteiger partial charge on any atom is -0.458 e. The van der Waals surface area contributed by atoms with Crippen LogP contribution in [0.4, 0.5) is 0 Å². The SMILES string of the molecule is C=C/C=C(\C=C/C)OC(/C=C\C)=C/CC.CC.CC. The van der Waals surface area contributed by atoms with Gasteiger partial charge in [0.05, 0.1) is 0 Å². The Morgan fingerprint density at radius 2 is 1.42 bits per heavy atom. The van der Waals surface area contributed by atoms with Crippen LogP contribution < -0.4 is 0 Å². The van der Waals surface area contributed by atoms with Crippen LogP contribution in [0.5, 0.6) is 0 Å². The summed E-state index contributed by atoms with van der Waals surface area (Å²) < 4.78 is 5.69. The van der Waals surface area contributed by atoms with Crippen molar-refractivity contribution in [3.63, 3.8) is 0 Å². The largest absolute Gasteiger partial charge is 0.458 e. The fourth-order valence-corrected chi connectivity index (χ4v) is 1.05. The van der Waals surface area contributed by atoms with Crippen LogP contribution in [-0.4, -0.2) is 0 Å². The summed E-state index contributed by atoms with van der Waals surface area (Å²) >= 11 is 0. The van der Waals surface area contributed by atoms with E-state index in [4.69, 9.17) is 4.74 Å². The molecule has 0 rings (SSSR count). The highest BCUT2D eigenvalue weighted by Crippen LogP contribution is 2.10. The van der Waals surface area contributed by atoms with E-state index in [1.807, 2.05) is 78.0 Å². The maximum atomic E-state index is 5.69. The molecule has 0 amide bonds. The smallest absolute Gasteiger partial charge is 0.127 e. The molecule has 0 aliphatic heterocycles. The van der Waals surface area contributed by atoms with Crippen LogP contribution in [0.2, 0.25) is 0 Å². The van der Waals surface area contributed by atoms with Gasteiger partial charge < -0.3 is 4.74 Å². The molecule has 1 nitrogen and oxygen atoms in total. The van der Waals surface area contributed by atoms with Gasteiger partial charge in [0.15, 0.2) is 0 Å². The van der Waals surface area contributed by atoms with Crippen molar-refractivity contribution >= 4 is 0 Å². The van der Waals surface area contributed by atoms with Crippen LogP contribution in [0.3, 0.4) is 0 Å². The van der Waals surface area contributed by atoms with Crippen LogP contribution in [0.25, 0.3) is 0 Å². The van der Waals surface area contributed by atoms with E-state index in [1.165, 1.54) is 0 Å². The van der Waals surface area contributed by atoms with E-state index >= 15 is 0 Å². The second kappa shape index (κ2) is 21.8. The quantitative estimate of drug-likeness (QED) is 0.389. The first-order valence-corrected chi connectivity index (χ1v) is 7.24. The molecule has 0 aromatic heterocycles. The highest BCUT2D eigenvalue weighted by Gasteiger charge is 1.95. The van der Waals surface area contributed by atoms with E-state index in [2.05, 4.69) is 13.5 Å². The topological polar surface area (TPSA) is 9.23 Å². The minimum atomic E-state index is 0.797. The molecule has 0 aromatic carbocycles. The monoisotopic (exact) mass is 264 g/mol. The lowest BCUT2D eigenvalue weighted by molar-refractivity contribution is 0.334. The summed E-state index contributed by atoms with van der Waals surface area (Å²) in [7, 11) is 0. The summed E-state index contributed by atoms with van der Waals surface area (Å²) in [5.41, 5.74) is 0. The Bertz CT molecular complexity index is 291. The number of rotatable bonds is 6. The van der Waals surface area contributed by atoms with Crippen molar-refractivity contribution in [1.29, 1.82) is 0 Å². The molecule has 0 aliphatic carbocycles. The van der Waals surface area contributed by atoms with Gasteiger partial charge in [0, 0.05) is 0 Å². The van der Waals surface area contributed by atoms with Gasteiger partial charge in [-0.3, -0.25) is 0 Å². The molecule has 19 heavy (non-hydrogen) atoms. The molecule has 0 aromatic rings. The maximum absolute atomic E-state index is 5.69. The number of ether oxygens (including phenoxy) is 1. The van der Waals surface area contributed by atoms with E-state index in [0.717, 1.165) is 17.9 Å². The van der Waals surface area contributed by atoms with Gasteiger partial charge in [0.1, 0.15) is 11.5 Å². The molecule has 0 atom stereocenters. The summed E-state index contributed by atoms with van der Waals surface area (Å²) in [6.07, 6.45) is 14.3. The van der Waals surface area contributed by atoms with E-state index < -0.39 is 0 Å². The van der Waals surface area contributed by atoms with Crippen LogP contribution in [-0.2, 0) is 4.74 Å². The fourth-order valence-electron chi connectivity index (χ4n) is 1.05. The molecule has 0 saturated heterocycles. The predicted octanol–water partition coefficient (Wildman–Crippen LogP) is 6.57. The molecule has 0 bridgehead atoms. The van der Waals surface area contributed by atoms with Crippen molar-refractivity contribution in [3.8, 4) is 0 Å². The summed E-state index contributed by atoms with van der Waals surface area (Å²) in [5, 5.41) is 0. The predicted molar refractivity (Wildman–Crippen MR) is 90.1 cm³/mol. The average molecular weight is 264 g/mol. The lowest BCUT2D eigenvalue weighted by Crippen LogP contribution is -1.88. The second-order valence-electron chi connectivity index (χ2n) is 2.92. The third-order valence-corrected chi connectivity index (χ3v) is 1.58. The summed E-state index contributed by atoms with van der Waals surface area (Å²) in [5.74, 6) is 1.66. The summed E-state index contributed by atoms with van der Waals surface area (Å²) in [6, 6.07) is 0. The number of hydrogen-bond acceptors (Lipinski definition) is 1. The molecule has 0 aliphatic rings. The standard InChI is InChI=1S/C14H20O.2C2H6/c1-5-9-13(10-6-2)15-14(11-7-3)12-8-4;2*1-2/h5-7,9-12H,1,8H2,2-4H3;2*1-2H3/b10-6-,11-7-,13-9+,14-12+;;. The molecule has 1 heteroatoms. The molecule has 0 radical (unpaired) electrons. The molecular formula is C18H32O. The first-order chi connectivity index (χ1) is 9.28. The zero-order valence-electron chi connectivity index (χ0n) is 13.9. The van der Waals surface area contributed by atoms with Crippen LogP contribution in [0, 0.1) is 0 Å². The number of allylic oxidation sites excluding steroid dienone is 7. The van der Waals surface area contributed by atoms with Gasteiger partial charge in [-0.05, 0) is 44.6 Å². The zero-order chi connectivity index (χ0) is 15.5. The summed E-state index contributed by atoms with van der Waals surface area (Å²) in [4.78, 5) is 0. The molecule has 0 N–H and O–H groups in total. The highest BCUT2D eigenvalue weighted by atomic mass is 16.5. The van der Waals surface area contributed by atoms with Gasteiger partial charge in [-0.1, -0.05) is 59.4 Å². The number of hydrogen-bond donors (Lipinski definition) is 0. The van der Waals surface area contributed by atoms with Gasteiger partial charge in [-0.25, -0.2) is 0 Å². The second-order valence-corrected chi connectivity index (χ2v) is 2.92. The summed E-state index contributed by atoms with van der Waals surface area (Å²) in [6.45, 7) is 17.7. The zero-order valence-corrected chi connectivity index (χ0v) is 13.9. The Kier molecular flexibility index (Phi) is 25.9. The van der Waals surface area contributed by atoms with Gasteiger partial charge in [0.2, 0.25) is 0 Å². The molecule has 0 saturated carbocycles. The fraction of sp³-hybridized carbons (Fsp3) is 0.444. The van der Waals surface area contributed by atoms with Crippen molar-refractivity contribution in [2.45, 2.75) is 54.9 Å². The Morgan fingerprint density at radius 1 is 0.947 bits per heavy atom. The van der Waals surface area contributed by atoms with Gasteiger partial charge in [-0.2, -0.15) is 0 Å². The molecule has 0 spiro atoms. The highest BCUT2D eigenvalue weighted by molar-refractivity contribution is 5.22. The normalized spacial score (nSPS) is 11.5. The van der Waals surface area contributed by atoms with Crippen molar-refractivity contribution in [2.24, 2.45) is 0 Å². The average Bonchev–Trinajstić information content (AvgIpc) is 2.44. The maximum Gasteiger partial charge on any atom is 0.127 e. The van der Waals surface area contributed by atoms with Crippen molar-refractivity contribution in [2.75, 3.05) is 0 Å². The van der Waals surface area contributed by atoms with Crippen LogP contribution in [0.15, 0.2) is 60.6 Å². The first kappa shape index (κ1) is 22.7. The van der Waals surface area contributed by atoms with Crippen molar-refractivity contribution < 1.29 is 4.74 Å². The van der Waals surface area contributed by atoms with E-state index in [9.17, 15) is 0 Å². The first-order valence-electron chi connectivity index (χ1n) is 7.24. The van der Waals surface area contributed by atoms with Crippen LogP contribution >= 0.6 is 0 Å². The molecule has 0 unspecified atom stereocenters. The Morgan fingerprint density at radius 3 is 1.79 bits per heavy atom. The van der Waals surface area contributed by atoms with E-state index in [-0.39, 0.29) is 0 Å². The molecular weight excluding hydrogens is 232 g/mol. The van der Waals surface area contributed by atoms with Crippen molar-refractivity contribution in [1.82, 2.24) is 0 Å². The third-order valence-electron chi connectivity index (χ3n) is 1.58. The van der Waals surface area contributed by atoms with Crippen LogP contribution in [0.1, 0.15) is 54.9 Å². The Balaban J connectivity index is -0.000000579. The van der Waals surface area contributed by atoms with Gasteiger partial charge in [-0.15, -0.1) is 0 Å². The van der Waals surface area contributed by atoms with Crippen molar-refractivity contribution in [3.05, 3.63) is 60.6 Å². The van der Waals surface area contributed by atoms with E-state index in [1.54, 1.807) is 6.08 Å². The molecule has 0 heterocycles. The minimum absolute atomic E-state index is 0.797. The van der Waals surface area contributed by atoms with Gasteiger partial charge in [0.25, 0.3) is 0 Å².